The monoisotopic (exact) mass is 346 g/mol. The van der Waals surface area contributed by atoms with Gasteiger partial charge >= 0.3 is 5.97 Å². The molecular weight excluding hydrogens is 320 g/mol. The van der Waals surface area contributed by atoms with Crippen LogP contribution >= 0.6 is 0 Å². The number of amides is 2. The quantitative estimate of drug-likeness (QED) is 0.763. The first kappa shape index (κ1) is 19.0. The van der Waals surface area contributed by atoms with Crippen LogP contribution in [0.1, 0.15) is 32.3 Å². The van der Waals surface area contributed by atoms with Gasteiger partial charge in [0, 0.05) is 19.5 Å². The van der Waals surface area contributed by atoms with E-state index in [9.17, 15) is 14.4 Å². The molecule has 0 aliphatic carbocycles. The molecule has 0 saturated carbocycles. The topological polar surface area (TPSA) is 75.7 Å². The lowest BCUT2D eigenvalue weighted by Gasteiger charge is -2.23. The van der Waals surface area contributed by atoms with Gasteiger partial charge in [-0.1, -0.05) is 50.6 Å². The minimum atomic E-state index is -0.680. The number of rotatable bonds is 7. The number of carbonyl (C=O) groups excluding carboxylic acids is 3. The summed E-state index contributed by atoms with van der Waals surface area (Å²) in [5.41, 5.74) is 1.03. The third-order valence-electron chi connectivity index (χ3n) is 4.77. The lowest BCUT2D eigenvalue weighted by atomic mass is 9.98. The van der Waals surface area contributed by atoms with Crippen LogP contribution in [0.4, 0.5) is 0 Å². The maximum absolute atomic E-state index is 12.5. The van der Waals surface area contributed by atoms with Gasteiger partial charge in [0.2, 0.25) is 11.8 Å². The van der Waals surface area contributed by atoms with Crippen LogP contribution in [0.25, 0.3) is 0 Å². The molecule has 0 spiro atoms. The Hall–Kier alpha value is -2.37. The highest BCUT2D eigenvalue weighted by Gasteiger charge is 2.36. The second-order valence-electron chi connectivity index (χ2n) is 6.56. The van der Waals surface area contributed by atoms with Crippen molar-refractivity contribution >= 4 is 17.8 Å². The summed E-state index contributed by atoms with van der Waals surface area (Å²) in [7, 11) is 1.31. The van der Waals surface area contributed by atoms with Crippen LogP contribution in [-0.2, 0) is 25.7 Å². The Labute approximate surface area is 148 Å². The van der Waals surface area contributed by atoms with Gasteiger partial charge in [-0.2, -0.15) is 0 Å². The molecule has 3 unspecified atom stereocenters. The first-order valence-electron chi connectivity index (χ1n) is 8.66. The molecule has 1 saturated heterocycles. The van der Waals surface area contributed by atoms with Crippen molar-refractivity contribution in [1.82, 2.24) is 10.2 Å². The molecule has 3 atom stereocenters. The van der Waals surface area contributed by atoms with Gasteiger partial charge in [-0.25, -0.2) is 4.79 Å². The van der Waals surface area contributed by atoms with Crippen molar-refractivity contribution in [3.63, 3.8) is 0 Å². The van der Waals surface area contributed by atoms with Crippen LogP contribution in [0.3, 0.4) is 0 Å². The number of ether oxygens (including phenoxy) is 1. The van der Waals surface area contributed by atoms with Crippen molar-refractivity contribution in [3.8, 4) is 0 Å². The number of hydrogen-bond acceptors (Lipinski definition) is 4. The van der Waals surface area contributed by atoms with Gasteiger partial charge in [0.25, 0.3) is 0 Å². The van der Waals surface area contributed by atoms with Gasteiger partial charge in [0.15, 0.2) is 0 Å². The molecule has 25 heavy (non-hydrogen) atoms. The van der Waals surface area contributed by atoms with E-state index in [1.807, 2.05) is 44.2 Å². The third-order valence-corrected chi connectivity index (χ3v) is 4.77. The van der Waals surface area contributed by atoms with Crippen LogP contribution in [0.2, 0.25) is 0 Å². The second kappa shape index (κ2) is 8.65. The highest BCUT2D eigenvalue weighted by molar-refractivity contribution is 5.91. The molecule has 1 aliphatic heterocycles. The minimum Gasteiger partial charge on any atom is -0.467 e. The van der Waals surface area contributed by atoms with Crippen molar-refractivity contribution in [2.24, 2.45) is 11.8 Å². The van der Waals surface area contributed by atoms with Crippen LogP contribution in [-0.4, -0.2) is 42.4 Å². The molecule has 6 heteroatoms. The zero-order chi connectivity index (χ0) is 18.4. The summed E-state index contributed by atoms with van der Waals surface area (Å²) in [6.45, 7) is 4.71. The van der Waals surface area contributed by atoms with Gasteiger partial charge in [-0.3, -0.25) is 9.59 Å². The molecule has 0 aromatic heterocycles. The summed E-state index contributed by atoms with van der Waals surface area (Å²) in [5.74, 6) is -1.23. The molecule has 1 fully saturated rings. The number of hydrogen-bond donors (Lipinski definition) is 1. The van der Waals surface area contributed by atoms with Crippen LogP contribution < -0.4 is 5.32 Å². The smallest absolute Gasteiger partial charge is 0.328 e. The van der Waals surface area contributed by atoms with E-state index >= 15 is 0 Å². The molecule has 136 valence electrons. The SMILES string of the molecule is CCC(C)C(NC(=O)C1CC(=O)N(Cc2ccccc2)C1)C(=O)OC. The van der Waals surface area contributed by atoms with Gasteiger partial charge in [-0.15, -0.1) is 0 Å². The maximum atomic E-state index is 12.5. The molecular formula is C19H26N2O4. The normalized spacial score (nSPS) is 19.4. The lowest BCUT2D eigenvalue weighted by molar-refractivity contribution is -0.147. The van der Waals surface area contributed by atoms with E-state index in [4.69, 9.17) is 4.74 Å². The molecule has 6 nitrogen and oxygen atoms in total. The fourth-order valence-corrected chi connectivity index (χ4v) is 2.97. The summed E-state index contributed by atoms with van der Waals surface area (Å²) in [6.07, 6.45) is 0.914. The molecule has 1 aliphatic rings. The largest absolute Gasteiger partial charge is 0.467 e. The Kier molecular flexibility index (Phi) is 6.56. The molecule has 2 rings (SSSR count). The number of carbonyl (C=O) groups is 3. The predicted molar refractivity (Wildman–Crippen MR) is 93.4 cm³/mol. The molecule has 1 aromatic carbocycles. The zero-order valence-corrected chi connectivity index (χ0v) is 15.0. The fourth-order valence-electron chi connectivity index (χ4n) is 2.97. The Morgan fingerprint density at radius 1 is 1.32 bits per heavy atom. The van der Waals surface area contributed by atoms with Crippen LogP contribution in [0, 0.1) is 11.8 Å². The van der Waals surface area contributed by atoms with Crippen LogP contribution in [0.15, 0.2) is 30.3 Å². The predicted octanol–water partition coefficient (Wildman–Crippen LogP) is 1.74. The zero-order valence-electron chi connectivity index (χ0n) is 15.0. The van der Waals surface area contributed by atoms with Crippen molar-refractivity contribution in [2.45, 2.75) is 39.3 Å². The summed E-state index contributed by atoms with van der Waals surface area (Å²) in [6, 6.07) is 9.00. The third kappa shape index (κ3) is 4.81. The maximum Gasteiger partial charge on any atom is 0.328 e. The number of methoxy groups -OCH3 is 1. The number of nitrogens with zero attached hydrogens (tertiary/aromatic N) is 1. The standard InChI is InChI=1S/C19H26N2O4/c1-4-13(2)17(19(24)25-3)20-18(23)15-10-16(22)21(12-15)11-14-8-6-5-7-9-14/h5-9,13,15,17H,4,10-12H2,1-3H3,(H,20,23). The molecule has 1 aromatic rings. The summed E-state index contributed by atoms with van der Waals surface area (Å²) in [5, 5.41) is 2.77. The highest BCUT2D eigenvalue weighted by Crippen LogP contribution is 2.21. The van der Waals surface area contributed by atoms with Gasteiger partial charge in [0.1, 0.15) is 6.04 Å². The van der Waals surface area contributed by atoms with E-state index in [2.05, 4.69) is 5.32 Å². The van der Waals surface area contributed by atoms with E-state index in [1.165, 1.54) is 7.11 Å². The molecule has 0 radical (unpaired) electrons. The second-order valence-corrected chi connectivity index (χ2v) is 6.56. The molecule has 1 N–H and O–H groups in total. The van der Waals surface area contributed by atoms with E-state index in [-0.39, 0.29) is 24.2 Å². The summed E-state index contributed by atoms with van der Waals surface area (Å²) in [4.78, 5) is 38.4. The highest BCUT2D eigenvalue weighted by atomic mass is 16.5. The van der Waals surface area contributed by atoms with Crippen molar-refractivity contribution in [3.05, 3.63) is 35.9 Å². The fraction of sp³-hybridized carbons (Fsp3) is 0.526. The van der Waals surface area contributed by atoms with Gasteiger partial charge in [-0.05, 0) is 11.5 Å². The summed E-state index contributed by atoms with van der Waals surface area (Å²) < 4.78 is 4.79. The minimum absolute atomic E-state index is 0.0334. The van der Waals surface area contributed by atoms with Crippen molar-refractivity contribution in [1.29, 1.82) is 0 Å². The molecule has 2 amide bonds. The Morgan fingerprint density at radius 3 is 2.60 bits per heavy atom. The first-order chi connectivity index (χ1) is 12.0. The van der Waals surface area contributed by atoms with E-state index in [0.717, 1.165) is 12.0 Å². The molecule has 1 heterocycles. The van der Waals surface area contributed by atoms with E-state index < -0.39 is 17.9 Å². The van der Waals surface area contributed by atoms with E-state index in [0.29, 0.717) is 13.1 Å². The number of benzene rings is 1. The average Bonchev–Trinajstić information content (AvgIpc) is 2.99. The number of likely N-dealkylation sites (tertiary alicyclic amines) is 1. The van der Waals surface area contributed by atoms with Crippen molar-refractivity contribution < 1.29 is 19.1 Å². The number of nitrogens with one attached hydrogen (secondary N) is 1. The lowest BCUT2D eigenvalue weighted by Crippen LogP contribution is -2.48. The Bertz CT molecular complexity index is 617. The van der Waals surface area contributed by atoms with Crippen LogP contribution in [0.5, 0.6) is 0 Å². The van der Waals surface area contributed by atoms with Gasteiger partial charge < -0.3 is 15.0 Å². The number of esters is 1. The van der Waals surface area contributed by atoms with Crippen molar-refractivity contribution in [2.75, 3.05) is 13.7 Å². The molecule has 0 bridgehead atoms. The van der Waals surface area contributed by atoms with Gasteiger partial charge in [0.05, 0.1) is 13.0 Å². The van der Waals surface area contributed by atoms with E-state index in [1.54, 1.807) is 4.90 Å². The average molecular weight is 346 g/mol. The first-order valence-corrected chi connectivity index (χ1v) is 8.66. The Morgan fingerprint density at radius 2 is 2.00 bits per heavy atom. The summed E-state index contributed by atoms with van der Waals surface area (Å²) >= 11 is 0. The Balaban J connectivity index is 1.98.